The predicted octanol–water partition coefficient (Wildman–Crippen LogP) is 4.61. The Hall–Kier alpha value is -2.18. The van der Waals surface area contributed by atoms with Gasteiger partial charge in [-0.3, -0.25) is 0 Å². The molecule has 1 aliphatic heterocycles. The molecule has 0 spiro atoms. The number of hydrogen-bond donors (Lipinski definition) is 0. The van der Waals surface area contributed by atoms with Crippen LogP contribution in [0.3, 0.4) is 0 Å². The summed E-state index contributed by atoms with van der Waals surface area (Å²) in [6.45, 7) is 1.23. The van der Waals surface area contributed by atoms with Crippen molar-refractivity contribution in [3.8, 4) is 0 Å². The third-order valence-electron chi connectivity index (χ3n) is 6.14. The smallest absolute Gasteiger partial charge is 0.315 e. The van der Waals surface area contributed by atoms with Crippen LogP contribution in [0.25, 0.3) is 0 Å². The Morgan fingerprint density at radius 1 is 0.912 bits per heavy atom. The minimum atomic E-state index is -3.61. The van der Waals surface area contributed by atoms with Crippen LogP contribution in [-0.4, -0.2) is 48.9 Å². The lowest BCUT2D eigenvalue weighted by Crippen LogP contribution is -2.49. The molecule has 6 nitrogen and oxygen atoms in total. The van der Waals surface area contributed by atoms with Gasteiger partial charge in [-0.15, -0.1) is 0 Å². The molecule has 1 saturated heterocycles. The molecule has 178 valence electrons. The van der Waals surface area contributed by atoms with E-state index in [-0.39, 0.29) is 35.2 Å². The minimum Gasteiger partial charge on any atom is -0.354 e. The van der Waals surface area contributed by atoms with Crippen LogP contribution in [0.4, 0.5) is 14.6 Å². The maximum atomic E-state index is 15.3. The molecule has 3 aromatic rings. The first-order chi connectivity index (χ1) is 16.2. The van der Waals surface area contributed by atoms with E-state index in [1.54, 1.807) is 42.5 Å². The van der Waals surface area contributed by atoms with E-state index in [2.05, 4.69) is 32.6 Å². The van der Waals surface area contributed by atoms with Crippen molar-refractivity contribution in [2.75, 3.05) is 31.1 Å². The van der Waals surface area contributed by atoms with Crippen LogP contribution in [-0.2, 0) is 15.9 Å². The Balaban J connectivity index is 1.39. The standard InChI is InChI=1S/C24H23F2IN4O2S/c25-24(26,18-4-2-1-3-5-18)21-16-22(29-23(28-21)17-6-7-17)30-12-14-31(15-13-30)34(32,33)20-10-8-19(27)9-11-20/h1-5,8-11,16-17H,6-7,12-15H2. The highest BCUT2D eigenvalue weighted by Gasteiger charge is 2.39. The van der Waals surface area contributed by atoms with Crippen LogP contribution in [0.1, 0.15) is 35.8 Å². The predicted molar refractivity (Wildman–Crippen MR) is 134 cm³/mol. The van der Waals surface area contributed by atoms with Crippen molar-refractivity contribution < 1.29 is 17.2 Å². The van der Waals surface area contributed by atoms with Crippen LogP contribution >= 0.6 is 22.6 Å². The molecule has 0 N–H and O–H groups in total. The highest BCUT2D eigenvalue weighted by molar-refractivity contribution is 14.1. The van der Waals surface area contributed by atoms with E-state index in [0.29, 0.717) is 24.7 Å². The lowest BCUT2D eigenvalue weighted by atomic mass is 10.0. The maximum Gasteiger partial charge on any atom is 0.315 e. The van der Waals surface area contributed by atoms with Crippen LogP contribution in [0.2, 0.25) is 0 Å². The fraction of sp³-hybridized carbons (Fsp3) is 0.333. The van der Waals surface area contributed by atoms with Gasteiger partial charge in [0.05, 0.1) is 4.90 Å². The fourth-order valence-electron chi connectivity index (χ4n) is 4.01. The molecular formula is C24H23F2IN4O2S. The summed E-state index contributed by atoms with van der Waals surface area (Å²) in [6, 6.07) is 15.7. The molecule has 5 rings (SSSR count). The average Bonchev–Trinajstić information content (AvgIpc) is 3.70. The Morgan fingerprint density at radius 3 is 2.18 bits per heavy atom. The summed E-state index contributed by atoms with van der Waals surface area (Å²) < 4.78 is 59.1. The first kappa shape index (κ1) is 23.6. The zero-order chi connectivity index (χ0) is 23.9. The molecule has 0 atom stereocenters. The minimum absolute atomic E-state index is 0.104. The second kappa shape index (κ2) is 9.12. The number of piperazine rings is 1. The zero-order valence-electron chi connectivity index (χ0n) is 18.2. The van der Waals surface area contributed by atoms with Crippen LogP contribution < -0.4 is 4.90 Å². The van der Waals surface area contributed by atoms with Gasteiger partial charge in [-0.1, -0.05) is 30.3 Å². The number of hydrogen-bond acceptors (Lipinski definition) is 5. The van der Waals surface area contributed by atoms with Crippen LogP contribution in [0.15, 0.2) is 65.6 Å². The summed E-state index contributed by atoms with van der Waals surface area (Å²) in [7, 11) is -3.61. The second-order valence-corrected chi connectivity index (χ2v) is 11.7. The zero-order valence-corrected chi connectivity index (χ0v) is 21.2. The topological polar surface area (TPSA) is 66.4 Å². The van der Waals surface area contributed by atoms with Gasteiger partial charge in [0.15, 0.2) is 0 Å². The van der Waals surface area contributed by atoms with Gasteiger partial charge in [0.25, 0.3) is 0 Å². The summed E-state index contributed by atoms with van der Waals surface area (Å²) in [5.74, 6) is -2.28. The Labute approximate surface area is 211 Å². The van der Waals surface area contributed by atoms with E-state index in [1.807, 2.05) is 4.90 Å². The highest BCUT2D eigenvalue weighted by atomic mass is 127. The molecule has 0 amide bonds. The third-order valence-corrected chi connectivity index (χ3v) is 8.78. The van der Waals surface area contributed by atoms with E-state index in [9.17, 15) is 8.42 Å². The molecule has 0 radical (unpaired) electrons. The Bertz CT molecular complexity index is 1280. The normalized spacial score (nSPS) is 17.7. The number of halogens is 3. The summed E-state index contributed by atoms with van der Waals surface area (Å²) >= 11 is 2.13. The van der Waals surface area contributed by atoms with Gasteiger partial charge in [0.1, 0.15) is 17.3 Å². The molecule has 2 fully saturated rings. The molecule has 2 aromatic carbocycles. The number of benzene rings is 2. The molecule has 0 bridgehead atoms. The number of alkyl halides is 2. The maximum absolute atomic E-state index is 15.3. The van der Waals surface area contributed by atoms with Crippen molar-refractivity contribution in [3.05, 3.63) is 81.3 Å². The van der Waals surface area contributed by atoms with Crippen molar-refractivity contribution in [2.24, 2.45) is 0 Å². The van der Waals surface area contributed by atoms with Crippen molar-refractivity contribution in [3.63, 3.8) is 0 Å². The molecule has 34 heavy (non-hydrogen) atoms. The monoisotopic (exact) mass is 596 g/mol. The van der Waals surface area contributed by atoms with E-state index < -0.39 is 15.9 Å². The van der Waals surface area contributed by atoms with Gasteiger partial charge in [-0.25, -0.2) is 18.4 Å². The average molecular weight is 596 g/mol. The van der Waals surface area contributed by atoms with Gasteiger partial charge in [-0.05, 0) is 59.7 Å². The molecule has 10 heteroatoms. The first-order valence-corrected chi connectivity index (χ1v) is 13.6. The van der Waals surface area contributed by atoms with Crippen molar-refractivity contribution >= 4 is 38.4 Å². The van der Waals surface area contributed by atoms with Gasteiger partial charge in [-0.2, -0.15) is 13.1 Å². The fourth-order valence-corrected chi connectivity index (χ4v) is 5.79. The number of aromatic nitrogens is 2. The number of nitrogens with zero attached hydrogens (tertiary/aromatic N) is 4. The summed E-state index contributed by atoms with van der Waals surface area (Å²) in [5.41, 5.74) is -0.436. The molecule has 2 heterocycles. The van der Waals surface area contributed by atoms with E-state index in [0.717, 1.165) is 16.4 Å². The van der Waals surface area contributed by atoms with Crippen LogP contribution in [0.5, 0.6) is 0 Å². The first-order valence-electron chi connectivity index (χ1n) is 11.1. The SMILES string of the molecule is O=S(=O)(c1ccc(I)cc1)N1CCN(c2cc(C(F)(F)c3ccccc3)nc(C3CC3)n2)CC1. The molecule has 1 aromatic heterocycles. The van der Waals surface area contributed by atoms with Gasteiger partial charge in [0, 0.05) is 47.3 Å². The van der Waals surface area contributed by atoms with Gasteiger partial charge < -0.3 is 4.90 Å². The summed E-state index contributed by atoms with van der Waals surface area (Å²) in [4.78, 5) is 11.0. The van der Waals surface area contributed by atoms with Crippen molar-refractivity contribution in [1.82, 2.24) is 14.3 Å². The number of sulfonamides is 1. The van der Waals surface area contributed by atoms with Crippen molar-refractivity contribution in [1.29, 1.82) is 0 Å². The molecule has 2 aliphatic rings. The lowest BCUT2D eigenvalue weighted by Gasteiger charge is -2.35. The molecule has 1 saturated carbocycles. The highest BCUT2D eigenvalue weighted by Crippen LogP contribution is 2.41. The lowest BCUT2D eigenvalue weighted by molar-refractivity contribution is 0.0376. The summed E-state index contributed by atoms with van der Waals surface area (Å²) in [6.07, 6.45) is 1.78. The summed E-state index contributed by atoms with van der Waals surface area (Å²) in [5, 5.41) is 0. The van der Waals surface area contributed by atoms with E-state index in [4.69, 9.17) is 0 Å². The number of rotatable bonds is 6. The quantitative estimate of drug-likeness (QED) is 0.389. The Kier molecular flexibility index (Phi) is 6.32. The van der Waals surface area contributed by atoms with Crippen molar-refractivity contribution in [2.45, 2.75) is 29.6 Å². The van der Waals surface area contributed by atoms with E-state index >= 15 is 8.78 Å². The third kappa shape index (κ3) is 4.67. The molecule has 0 unspecified atom stereocenters. The van der Waals surface area contributed by atoms with Crippen LogP contribution in [0, 0.1) is 3.57 Å². The molecule has 1 aliphatic carbocycles. The molecular weight excluding hydrogens is 573 g/mol. The second-order valence-electron chi connectivity index (χ2n) is 8.53. The van der Waals surface area contributed by atoms with Gasteiger partial charge in [0.2, 0.25) is 10.0 Å². The number of anilines is 1. The van der Waals surface area contributed by atoms with E-state index in [1.165, 1.54) is 22.5 Å². The largest absolute Gasteiger partial charge is 0.354 e. The van der Waals surface area contributed by atoms with Gasteiger partial charge >= 0.3 is 5.92 Å². The Morgan fingerprint density at radius 2 is 1.56 bits per heavy atom.